The Balaban J connectivity index is 0.00000181. The standard InChI is InChI=1S/C22H20ClF2N2O2S.Na.H2O/c1-26(12-13-10-22(24,25)11-13)14-3-4-15-18(9-14)27(7-8-28)19-16(20(15)29)5-6-17(23)21(19)30-2;;/h3-6,9,13H,7,10-12H2,1-2H3;;1H2/q-1;+1;/p-1. The van der Waals surface area contributed by atoms with Gasteiger partial charge in [0.15, 0.2) is 5.43 Å². The molecule has 1 saturated carbocycles. The summed E-state index contributed by atoms with van der Waals surface area (Å²) in [6.45, 7) is 0.448. The molecule has 0 saturated heterocycles. The van der Waals surface area contributed by atoms with Crippen molar-refractivity contribution in [3.05, 3.63) is 45.6 Å². The van der Waals surface area contributed by atoms with Gasteiger partial charge in [0.2, 0.25) is 5.92 Å². The minimum Gasteiger partial charge on any atom is -0.870 e. The number of thioether (sulfide) groups is 1. The Morgan fingerprint density at radius 1 is 1.25 bits per heavy atom. The Hall–Kier alpha value is -1.16. The third-order valence-corrected chi connectivity index (χ3v) is 6.94. The van der Waals surface area contributed by atoms with Crippen molar-refractivity contribution >= 4 is 57.1 Å². The van der Waals surface area contributed by atoms with Gasteiger partial charge in [-0.3, -0.25) is 4.79 Å². The maximum Gasteiger partial charge on any atom is 1.00 e. The molecule has 0 unspecified atom stereocenters. The normalized spacial score (nSPS) is 15.0. The van der Waals surface area contributed by atoms with E-state index in [1.165, 1.54) is 11.8 Å². The van der Waals surface area contributed by atoms with Crippen molar-refractivity contribution in [3.63, 3.8) is 0 Å². The second-order valence-corrected chi connectivity index (χ2v) is 8.97. The third kappa shape index (κ3) is 4.86. The fraction of sp³-hybridized carbons (Fsp3) is 0.364. The van der Waals surface area contributed by atoms with Gasteiger partial charge in [0.25, 0.3) is 0 Å². The van der Waals surface area contributed by atoms with Crippen LogP contribution in [-0.2, 0) is 11.3 Å². The van der Waals surface area contributed by atoms with Gasteiger partial charge in [-0.15, -0.1) is 11.8 Å². The summed E-state index contributed by atoms with van der Waals surface area (Å²) in [5.74, 6) is -2.62. The van der Waals surface area contributed by atoms with Crippen LogP contribution in [0.1, 0.15) is 12.8 Å². The predicted molar refractivity (Wildman–Crippen MR) is 121 cm³/mol. The van der Waals surface area contributed by atoms with Gasteiger partial charge in [-0.2, -0.15) is 0 Å². The number of nitrogens with zero attached hydrogens (tertiary/aromatic N) is 2. The number of hydrogen-bond donors (Lipinski definition) is 0. The molecular formula is C22H21ClF2N2NaO3S-. The van der Waals surface area contributed by atoms with Crippen LogP contribution in [0.15, 0.2) is 40.0 Å². The van der Waals surface area contributed by atoms with Crippen LogP contribution in [0, 0.1) is 5.92 Å². The van der Waals surface area contributed by atoms with Gasteiger partial charge in [-0.25, -0.2) is 15.1 Å². The first-order valence-electron chi connectivity index (χ1n) is 9.52. The second kappa shape index (κ2) is 10.4. The van der Waals surface area contributed by atoms with Gasteiger partial charge in [-0.1, -0.05) is 18.1 Å². The Kier molecular flexibility index (Phi) is 8.81. The molecule has 0 spiro atoms. The second-order valence-electron chi connectivity index (χ2n) is 7.75. The number of alkyl halides is 2. The van der Waals surface area contributed by atoms with E-state index in [4.69, 9.17) is 11.6 Å². The van der Waals surface area contributed by atoms with Gasteiger partial charge >= 0.3 is 29.6 Å². The molecule has 1 aliphatic carbocycles. The number of aromatic nitrogens is 1. The first kappa shape index (κ1) is 27.1. The predicted octanol–water partition coefficient (Wildman–Crippen LogP) is 1.95. The summed E-state index contributed by atoms with van der Waals surface area (Å²) < 4.78 is 28.1. The molecule has 3 aromatic rings. The maximum absolute atomic E-state index is 13.2. The van der Waals surface area contributed by atoms with Crippen molar-refractivity contribution in [1.82, 2.24) is 4.57 Å². The van der Waals surface area contributed by atoms with Crippen LogP contribution in [0.25, 0.3) is 21.8 Å². The molecular weight excluding hydrogens is 469 g/mol. The van der Waals surface area contributed by atoms with Crippen molar-refractivity contribution in [2.75, 3.05) is 24.7 Å². The topological polar surface area (TPSA) is 72.3 Å². The SMILES string of the molecule is CSc1c(Cl)ccc2c(=O)c3ccc(N(C)CC4CC(F)(F)C4)cc3n(C[C-]=O)c12.[Na+].[OH-]. The fourth-order valence-corrected chi connectivity index (χ4v) is 5.33. The van der Waals surface area contributed by atoms with Crippen LogP contribution >= 0.6 is 23.4 Å². The van der Waals surface area contributed by atoms with E-state index in [1.54, 1.807) is 22.8 Å². The molecule has 1 fully saturated rings. The van der Waals surface area contributed by atoms with Crippen molar-refractivity contribution < 1.29 is 48.6 Å². The number of pyridine rings is 1. The molecule has 0 amide bonds. The monoisotopic (exact) mass is 489 g/mol. The molecule has 0 aliphatic heterocycles. The summed E-state index contributed by atoms with van der Waals surface area (Å²) in [6.07, 6.45) is 3.59. The number of halogens is 3. The zero-order chi connectivity index (χ0) is 21.6. The minimum atomic E-state index is -2.55. The molecule has 1 heterocycles. The molecule has 10 heteroatoms. The zero-order valence-corrected chi connectivity index (χ0v) is 21.6. The summed E-state index contributed by atoms with van der Waals surface area (Å²) >= 11 is 7.77. The summed E-state index contributed by atoms with van der Waals surface area (Å²) in [6, 6.07) is 8.74. The van der Waals surface area contributed by atoms with Gasteiger partial charge in [0.1, 0.15) is 0 Å². The largest absolute Gasteiger partial charge is 1.00 e. The quantitative estimate of drug-likeness (QED) is 0.229. The van der Waals surface area contributed by atoms with E-state index < -0.39 is 5.92 Å². The van der Waals surface area contributed by atoms with Crippen LogP contribution in [0.3, 0.4) is 0 Å². The van der Waals surface area contributed by atoms with Crippen LogP contribution in [-0.4, -0.2) is 42.1 Å². The van der Waals surface area contributed by atoms with E-state index in [1.807, 2.05) is 36.6 Å². The van der Waals surface area contributed by atoms with Crippen molar-refractivity contribution in [2.45, 2.75) is 30.2 Å². The van der Waals surface area contributed by atoms with E-state index >= 15 is 0 Å². The Bertz CT molecular complexity index is 1210. The molecule has 0 radical (unpaired) electrons. The average molecular weight is 490 g/mol. The van der Waals surface area contributed by atoms with E-state index in [0.29, 0.717) is 33.4 Å². The zero-order valence-electron chi connectivity index (χ0n) is 18.0. The van der Waals surface area contributed by atoms with Crippen LogP contribution in [0.2, 0.25) is 5.02 Å². The number of rotatable bonds is 6. The molecule has 4 rings (SSSR count). The molecule has 0 atom stereocenters. The van der Waals surface area contributed by atoms with E-state index in [9.17, 15) is 18.4 Å². The van der Waals surface area contributed by atoms with Crippen LogP contribution in [0.4, 0.5) is 14.5 Å². The van der Waals surface area contributed by atoms with Crippen molar-refractivity contribution in [1.29, 1.82) is 0 Å². The number of hydrogen-bond acceptors (Lipinski definition) is 5. The number of carbonyl (C=O) groups excluding carboxylic acids is 1. The first-order chi connectivity index (χ1) is 14.3. The van der Waals surface area contributed by atoms with Gasteiger partial charge < -0.3 is 19.7 Å². The molecule has 2 aromatic carbocycles. The Morgan fingerprint density at radius 3 is 2.50 bits per heavy atom. The molecule has 32 heavy (non-hydrogen) atoms. The summed E-state index contributed by atoms with van der Waals surface area (Å²) in [5, 5.41) is 1.48. The number of anilines is 1. The number of fused-ring (bicyclic) bond motifs is 2. The molecule has 1 N–H and O–H groups in total. The third-order valence-electron chi connectivity index (χ3n) is 5.69. The molecule has 1 aromatic heterocycles. The molecule has 166 valence electrons. The van der Waals surface area contributed by atoms with E-state index in [-0.39, 0.29) is 65.8 Å². The minimum absolute atomic E-state index is 0. The van der Waals surface area contributed by atoms with Crippen molar-refractivity contribution in [2.24, 2.45) is 5.92 Å². The van der Waals surface area contributed by atoms with Gasteiger partial charge in [0.05, 0.1) is 21.0 Å². The van der Waals surface area contributed by atoms with E-state index in [2.05, 4.69) is 0 Å². The fourth-order valence-electron chi connectivity index (χ4n) is 4.27. The summed E-state index contributed by atoms with van der Waals surface area (Å²) in [4.78, 5) is 27.1. The number of benzene rings is 2. The van der Waals surface area contributed by atoms with Gasteiger partial charge in [-0.05, 0) is 42.5 Å². The van der Waals surface area contributed by atoms with E-state index in [0.717, 1.165) is 10.6 Å². The summed E-state index contributed by atoms with van der Waals surface area (Å²) in [7, 11) is 1.84. The molecule has 1 aliphatic rings. The van der Waals surface area contributed by atoms with Gasteiger partial charge in [0, 0.05) is 42.9 Å². The Labute approximate surface area is 215 Å². The van der Waals surface area contributed by atoms with Crippen molar-refractivity contribution in [3.8, 4) is 0 Å². The summed E-state index contributed by atoms with van der Waals surface area (Å²) in [5.41, 5.74) is 1.86. The molecule has 5 nitrogen and oxygen atoms in total. The van der Waals surface area contributed by atoms with Crippen LogP contribution < -0.4 is 39.9 Å². The average Bonchev–Trinajstić information content (AvgIpc) is 2.69. The first-order valence-corrected chi connectivity index (χ1v) is 11.1. The molecule has 0 bridgehead atoms. The maximum atomic E-state index is 13.2. The Morgan fingerprint density at radius 2 is 1.91 bits per heavy atom. The smallest absolute Gasteiger partial charge is 0.870 e. The van der Waals surface area contributed by atoms with Crippen LogP contribution in [0.5, 0.6) is 0 Å².